The molecule has 0 radical (unpaired) electrons. The van der Waals surface area contributed by atoms with E-state index < -0.39 is 5.97 Å². The lowest BCUT2D eigenvalue weighted by Crippen LogP contribution is -2.16. The Bertz CT molecular complexity index is 364. The van der Waals surface area contributed by atoms with E-state index in [-0.39, 0.29) is 11.0 Å². The lowest BCUT2D eigenvalue weighted by Gasteiger charge is -2.21. The van der Waals surface area contributed by atoms with Crippen LogP contribution in [0.1, 0.15) is 36.7 Å². The van der Waals surface area contributed by atoms with Crippen LogP contribution >= 0.6 is 0 Å². The van der Waals surface area contributed by atoms with Gasteiger partial charge in [0.1, 0.15) is 0 Å². The molecule has 1 rings (SSSR count). The van der Waals surface area contributed by atoms with Gasteiger partial charge in [0.05, 0.1) is 5.56 Å². The van der Waals surface area contributed by atoms with Gasteiger partial charge >= 0.3 is 5.97 Å². The number of para-hydroxylation sites is 1. The zero-order valence-corrected chi connectivity index (χ0v) is 8.66. The van der Waals surface area contributed by atoms with E-state index in [0.717, 1.165) is 5.56 Å². The average molecular weight is 193 g/mol. The molecule has 3 heteroatoms. The molecule has 0 atom stereocenters. The number of rotatable bonds is 1. The van der Waals surface area contributed by atoms with Crippen LogP contribution in [0.2, 0.25) is 0 Å². The third-order valence-corrected chi connectivity index (χ3v) is 2.14. The highest BCUT2D eigenvalue weighted by Crippen LogP contribution is 2.29. The highest BCUT2D eigenvalue weighted by Gasteiger charge is 2.20. The molecule has 0 saturated heterocycles. The maximum Gasteiger partial charge on any atom is 0.337 e. The first-order chi connectivity index (χ1) is 6.34. The van der Waals surface area contributed by atoms with Gasteiger partial charge in [0.25, 0.3) is 0 Å². The van der Waals surface area contributed by atoms with E-state index >= 15 is 0 Å². The van der Waals surface area contributed by atoms with E-state index in [2.05, 4.69) is 0 Å². The molecular weight excluding hydrogens is 178 g/mol. The summed E-state index contributed by atoms with van der Waals surface area (Å²) in [7, 11) is 0. The summed E-state index contributed by atoms with van der Waals surface area (Å²) in [5.74, 6) is -0.978. The first-order valence-electron chi connectivity index (χ1n) is 4.46. The summed E-state index contributed by atoms with van der Waals surface area (Å²) in [6.07, 6.45) is 0. The second kappa shape index (κ2) is 3.33. The smallest absolute Gasteiger partial charge is 0.337 e. The number of hydrogen-bond donors (Lipinski definition) is 2. The van der Waals surface area contributed by atoms with Gasteiger partial charge in [0, 0.05) is 5.69 Å². The zero-order valence-electron chi connectivity index (χ0n) is 8.66. The van der Waals surface area contributed by atoms with Crippen molar-refractivity contribution in [2.75, 3.05) is 5.73 Å². The minimum absolute atomic E-state index is 0.129. The summed E-state index contributed by atoms with van der Waals surface area (Å²) >= 11 is 0. The Kier molecular flexibility index (Phi) is 2.51. The van der Waals surface area contributed by atoms with Gasteiger partial charge in [-0.3, -0.25) is 0 Å². The minimum atomic E-state index is -0.978. The number of carboxylic acids is 1. The number of carbonyl (C=O) groups is 1. The van der Waals surface area contributed by atoms with E-state index in [9.17, 15) is 4.79 Å². The molecule has 0 unspecified atom stereocenters. The fourth-order valence-corrected chi connectivity index (χ4v) is 1.41. The first kappa shape index (κ1) is 10.6. The molecule has 0 fully saturated rings. The quantitative estimate of drug-likeness (QED) is 0.672. The summed E-state index contributed by atoms with van der Waals surface area (Å²) < 4.78 is 0. The number of nitrogen functional groups attached to an aromatic ring is 1. The molecule has 0 aliphatic rings. The Morgan fingerprint density at radius 1 is 1.36 bits per heavy atom. The van der Waals surface area contributed by atoms with Crippen LogP contribution in [0.25, 0.3) is 0 Å². The van der Waals surface area contributed by atoms with Crippen molar-refractivity contribution in [3.63, 3.8) is 0 Å². The lowest BCUT2D eigenvalue weighted by atomic mass is 9.84. The van der Waals surface area contributed by atoms with Crippen LogP contribution in [-0.2, 0) is 5.41 Å². The molecule has 0 heterocycles. The first-order valence-corrected chi connectivity index (χ1v) is 4.46. The second-order valence-corrected chi connectivity index (χ2v) is 4.32. The molecule has 3 nitrogen and oxygen atoms in total. The van der Waals surface area contributed by atoms with Crippen LogP contribution < -0.4 is 5.73 Å². The second-order valence-electron chi connectivity index (χ2n) is 4.32. The Morgan fingerprint density at radius 2 is 1.93 bits per heavy atom. The van der Waals surface area contributed by atoms with Crippen molar-refractivity contribution in [3.05, 3.63) is 29.3 Å². The van der Waals surface area contributed by atoms with Gasteiger partial charge in [0.2, 0.25) is 0 Å². The molecule has 0 aromatic heterocycles. The van der Waals surface area contributed by atoms with Gasteiger partial charge in [-0.15, -0.1) is 0 Å². The SMILES string of the molecule is CC(C)(C)c1cccc(C(=O)O)c1N. The molecule has 0 aliphatic heterocycles. The molecule has 0 saturated carbocycles. The summed E-state index contributed by atoms with van der Waals surface area (Å²) in [5, 5.41) is 8.88. The summed E-state index contributed by atoms with van der Waals surface area (Å²) in [6, 6.07) is 5.11. The highest BCUT2D eigenvalue weighted by molar-refractivity contribution is 5.94. The standard InChI is InChI=1S/C11H15NO2/c1-11(2,3)8-6-4-5-7(9(8)12)10(13)14/h4-6H,12H2,1-3H3,(H,13,14). The van der Waals surface area contributed by atoms with Crippen molar-refractivity contribution in [1.29, 1.82) is 0 Å². The fourth-order valence-electron chi connectivity index (χ4n) is 1.41. The maximum atomic E-state index is 10.8. The van der Waals surface area contributed by atoms with Crippen molar-refractivity contribution >= 4 is 11.7 Å². The van der Waals surface area contributed by atoms with Gasteiger partial charge in [0.15, 0.2) is 0 Å². The molecule has 14 heavy (non-hydrogen) atoms. The van der Waals surface area contributed by atoms with E-state index in [1.807, 2.05) is 26.8 Å². The predicted molar refractivity (Wildman–Crippen MR) is 56.5 cm³/mol. The van der Waals surface area contributed by atoms with Gasteiger partial charge in [-0.1, -0.05) is 32.9 Å². The minimum Gasteiger partial charge on any atom is -0.478 e. The number of aromatic carboxylic acids is 1. The fraction of sp³-hybridized carbons (Fsp3) is 0.364. The Labute approximate surface area is 83.6 Å². The van der Waals surface area contributed by atoms with E-state index in [0.29, 0.717) is 5.69 Å². The largest absolute Gasteiger partial charge is 0.478 e. The van der Waals surface area contributed by atoms with Crippen molar-refractivity contribution in [1.82, 2.24) is 0 Å². The molecule has 1 aromatic carbocycles. The van der Waals surface area contributed by atoms with Crippen molar-refractivity contribution in [3.8, 4) is 0 Å². The van der Waals surface area contributed by atoms with Crippen LogP contribution in [0.3, 0.4) is 0 Å². The molecular formula is C11H15NO2. The van der Waals surface area contributed by atoms with Crippen LogP contribution in [-0.4, -0.2) is 11.1 Å². The molecule has 0 amide bonds. The number of anilines is 1. The summed E-state index contributed by atoms with van der Waals surface area (Å²) in [4.78, 5) is 10.8. The van der Waals surface area contributed by atoms with E-state index in [1.54, 1.807) is 6.07 Å². The number of nitrogens with two attached hydrogens (primary N) is 1. The zero-order chi connectivity index (χ0) is 10.9. The average Bonchev–Trinajstić information content (AvgIpc) is 2.01. The van der Waals surface area contributed by atoms with Crippen molar-refractivity contribution in [2.45, 2.75) is 26.2 Å². The molecule has 3 N–H and O–H groups in total. The topological polar surface area (TPSA) is 63.3 Å². The van der Waals surface area contributed by atoms with Crippen LogP contribution in [0.4, 0.5) is 5.69 Å². The Balaban J connectivity index is 3.35. The summed E-state index contributed by atoms with van der Waals surface area (Å²) in [5.41, 5.74) is 7.08. The van der Waals surface area contributed by atoms with Crippen LogP contribution in [0.15, 0.2) is 18.2 Å². The number of hydrogen-bond acceptors (Lipinski definition) is 2. The number of benzene rings is 1. The van der Waals surface area contributed by atoms with Crippen molar-refractivity contribution < 1.29 is 9.90 Å². The number of carboxylic acid groups (broad SMARTS) is 1. The Hall–Kier alpha value is -1.51. The molecule has 0 spiro atoms. The molecule has 1 aromatic rings. The third kappa shape index (κ3) is 1.87. The van der Waals surface area contributed by atoms with Gasteiger partial charge in [-0.25, -0.2) is 4.79 Å². The lowest BCUT2D eigenvalue weighted by molar-refractivity contribution is 0.0698. The van der Waals surface area contributed by atoms with E-state index in [1.165, 1.54) is 6.07 Å². The van der Waals surface area contributed by atoms with E-state index in [4.69, 9.17) is 10.8 Å². The van der Waals surface area contributed by atoms with Gasteiger partial charge in [-0.2, -0.15) is 0 Å². The molecule has 0 bridgehead atoms. The van der Waals surface area contributed by atoms with Crippen LogP contribution in [0, 0.1) is 0 Å². The van der Waals surface area contributed by atoms with Gasteiger partial charge in [-0.05, 0) is 17.0 Å². The molecule has 76 valence electrons. The van der Waals surface area contributed by atoms with Crippen molar-refractivity contribution in [2.24, 2.45) is 0 Å². The van der Waals surface area contributed by atoms with Crippen LogP contribution in [0.5, 0.6) is 0 Å². The third-order valence-electron chi connectivity index (χ3n) is 2.14. The predicted octanol–water partition coefficient (Wildman–Crippen LogP) is 2.26. The Morgan fingerprint density at radius 3 is 2.36 bits per heavy atom. The molecule has 0 aliphatic carbocycles. The normalized spacial score (nSPS) is 11.4. The summed E-state index contributed by atoms with van der Waals surface area (Å²) in [6.45, 7) is 6.01. The maximum absolute atomic E-state index is 10.8. The monoisotopic (exact) mass is 193 g/mol. The highest BCUT2D eigenvalue weighted by atomic mass is 16.4. The van der Waals surface area contributed by atoms with Gasteiger partial charge < -0.3 is 10.8 Å².